The second-order valence-electron chi connectivity index (χ2n) is 10.7. The Labute approximate surface area is 229 Å². The first-order chi connectivity index (χ1) is 18.6. The van der Waals surface area contributed by atoms with Crippen LogP contribution in [0, 0.1) is 17.3 Å². The predicted octanol–water partition coefficient (Wildman–Crippen LogP) is 6.23. The van der Waals surface area contributed by atoms with E-state index in [2.05, 4.69) is 16.6 Å². The number of rotatable bonds is 4. The molecule has 2 aliphatic heterocycles. The molecule has 2 fully saturated rings. The highest BCUT2D eigenvalue weighted by molar-refractivity contribution is 5.77. The summed E-state index contributed by atoms with van der Waals surface area (Å²) in [5, 5.41) is 9.23. The molecular formula is C26H27F9N2O4. The number of alkyl halides is 9. The average Bonchev–Trinajstić information content (AvgIpc) is 3.20. The number of carboxylic acid groups (broad SMARTS) is 1. The third-order valence-electron chi connectivity index (χ3n) is 7.25. The van der Waals surface area contributed by atoms with E-state index in [9.17, 15) is 54.2 Å². The Morgan fingerprint density at radius 1 is 0.951 bits per heavy atom. The van der Waals surface area contributed by atoms with Gasteiger partial charge in [0.05, 0.1) is 5.56 Å². The van der Waals surface area contributed by atoms with E-state index in [1.165, 1.54) is 19.9 Å². The fourth-order valence-corrected chi connectivity index (χ4v) is 4.93. The van der Waals surface area contributed by atoms with Crippen molar-refractivity contribution in [3.63, 3.8) is 0 Å². The van der Waals surface area contributed by atoms with Crippen molar-refractivity contribution in [2.75, 3.05) is 19.6 Å². The largest absolute Gasteiger partial charge is 0.480 e. The van der Waals surface area contributed by atoms with Gasteiger partial charge in [0.15, 0.2) is 0 Å². The number of halogens is 9. The highest BCUT2D eigenvalue weighted by Gasteiger charge is 2.60. The number of hydrogen-bond acceptors (Lipinski definition) is 4. The van der Waals surface area contributed by atoms with Crippen molar-refractivity contribution in [2.45, 2.75) is 76.2 Å². The van der Waals surface area contributed by atoms with E-state index in [0.717, 1.165) is 17.0 Å². The van der Waals surface area contributed by atoms with Gasteiger partial charge in [0.2, 0.25) is 0 Å². The van der Waals surface area contributed by atoms with Crippen LogP contribution in [-0.2, 0) is 22.3 Å². The SMILES string of the molecule is CC(C)(C#Cc1cc(CN2CCCC23CCN(C(=O)OC(C(F)(F)F)C(F)(F)F)CC3)cc(C(F)(F)F)c1)C(=O)O. The number of nitrogens with zero attached hydrogens (tertiary/aromatic N) is 2. The zero-order valence-corrected chi connectivity index (χ0v) is 21.9. The van der Waals surface area contributed by atoms with Crippen molar-refractivity contribution in [1.82, 2.24) is 9.80 Å². The van der Waals surface area contributed by atoms with Gasteiger partial charge in [0.1, 0.15) is 5.41 Å². The highest BCUT2D eigenvalue weighted by Crippen LogP contribution is 2.41. The monoisotopic (exact) mass is 602 g/mol. The van der Waals surface area contributed by atoms with E-state index in [1.807, 2.05) is 4.90 Å². The van der Waals surface area contributed by atoms with E-state index in [0.29, 0.717) is 19.4 Å². The first-order valence-corrected chi connectivity index (χ1v) is 12.5. The average molecular weight is 602 g/mol. The molecule has 1 N–H and O–H groups in total. The molecular weight excluding hydrogens is 575 g/mol. The fraction of sp³-hybridized carbons (Fsp3) is 0.615. The predicted molar refractivity (Wildman–Crippen MR) is 125 cm³/mol. The number of amides is 1. The van der Waals surface area contributed by atoms with Gasteiger partial charge in [-0.2, -0.15) is 39.5 Å². The Balaban J connectivity index is 1.78. The molecule has 2 saturated heterocycles. The Morgan fingerprint density at radius 3 is 2.05 bits per heavy atom. The van der Waals surface area contributed by atoms with Crippen LogP contribution < -0.4 is 0 Å². The quantitative estimate of drug-likeness (QED) is 0.327. The van der Waals surface area contributed by atoms with E-state index >= 15 is 0 Å². The zero-order valence-electron chi connectivity index (χ0n) is 21.9. The molecule has 1 aromatic carbocycles. The van der Waals surface area contributed by atoms with Crippen LogP contribution in [0.2, 0.25) is 0 Å². The number of ether oxygens (including phenoxy) is 1. The maximum absolute atomic E-state index is 13.6. The molecule has 2 aliphatic rings. The summed E-state index contributed by atoms with van der Waals surface area (Å²) in [5.41, 5.74) is -2.95. The number of aliphatic carboxylic acids is 1. The van der Waals surface area contributed by atoms with Gasteiger partial charge in [-0.25, -0.2) is 4.79 Å². The molecule has 228 valence electrons. The molecule has 0 aromatic heterocycles. The minimum Gasteiger partial charge on any atom is -0.480 e. The summed E-state index contributed by atoms with van der Waals surface area (Å²) < 4.78 is 121. The molecule has 15 heteroatoms. The normalized spacial score (nSPS) is 18.4. The van der Waals surface area contributed by atoms with Crippen molar-refractivity contribution in [3.05, 3.63) is 34.9 Å². The molecule has 1 aromatic rings. The van der Waals surface area contributed by atoms with Crippen LogP contribution in [0.3, 0.4) is 0 Å². The number of benzene rings is 1. The standard InChI is InChI=1S/C26H27F9N2O4/c1-22(2,20(38)39)6-4-16-12-17(14-18(13-16)24(27,28)29)15-37-9-3-5-23(37)7-10-36(11-8-23)21(40)41-19(25(30,31)32)26(33,34)35/h12-14,19H,3,5,7-11,15H2,1-2H3,(H,38,39). The van der Waals surface area contributed by atoms with Crippen LogP contribution in [0.15, 0.2) is 18.2 Å². The van der Waals surface area contributed by atoms with Crippen LogP contribution in [0.25, 0.3) is 0 Å². The second kappa shape index (κ2) is 11.3. The van der Waals surface area contributed by atoms with Gasteiger partial charge in [-0.05, 0) is 69.8 Å². The Hall–Kier alpha value is -3.15. The molecule has 3 rings (SSSR count). The molecule has 41 heavy (non-hydrogen) atoms. The number of carbonyl (C=O) groups is 2. The third kappa shape index (κ3) is 7.78. The molecule has 0 bridgehead atoms. The van der Waals surface area contributed by atoms with Crippen molar-refractivity contribution in [1.29, 1.82) is 0 Å². The summed E-state index contributed by atoms with van der Waals surface area (Å²) in [6, 6.07) is 3.17. The second-order valence-corrected chi connectivity index (χ2v) is 10.7. The number of hydrogen-bond donors (Lipinski definition) is 1. The van der Waals surface area contributed by atoms with Crippen molar-refractivity contribution < 1.29 is 58.9 Å². The zero-order chi connectivity index (χ0) is 31.0. The van der Waals surface area contributed by atoms with Crippen LogP contribution in [0.1, 0.15) is 56.2 Å². The summed E-state index contributed by atoms with van der Waals surface area (Å²) >= 11 is 0. The Morgan fingerprint density at radius 2 is 1.54 bits per heavy atom. The molecule has 6 nitrogen and oxygen atoms in total. The summed E-state index contributed by atoms with van der Waals surface area (Å²) in [4.78, 5) is 26.1. The minimum atomic E-state index is -5.84. The van der Waals surface area contributed by atoms with Crippen molar-refractivity contribution in [2.24, 2.45) is 5.41 Å². The molecule has 0 radical (unpaired) electrons. The van der Waals surface area contributed by atoms with Crippen molar-refractivity contribution in [3.8, 4) is 11.8 Å². The topological polar surface area (TPSA) is 70.1 Å². The van der Waals surface area contributed by atoms with Gasteiger partial charge in [-0.3, -0.25) is 9.69 Å². The molecule has 0 saturated carbocycles. The maximum Gasteiger partial charge on any atom is 0.434 e. The van der Waals surface area contributed by atoms with Gasteiger partial charge >= 0.3 is 30.6 Å². The van der Waals surface area contributed by atoms with Gasteiger partial charge in [0.25, 0.3) is 6.10 Å². The highest BCUT2D eigenvalue weighted by atomic mass is 19.4. The van der Waals surface area contributed by atoms with Gasteiger partial charge in [-0.15, -0.1) is 0 Å². The molecule has 0 unspecified atom stereocenters. The van der Waals surface area contributed by atoms with Crippen molar-refractivity contribution >= 4 is 12.1 Å². The lowest BCUT2D eigenvalue weighted by Crippen LogP contribution is -2.54. The summed E-state index contributed by atoms with van der Waals surface area (Å²) in [6.45, 7) is 2.68. The first kappa shape index (κ1) is 32.4. The van der Waals surface area contributed by atoms with E-state index in [4.69, 9.17) is 0 Å². The van der Waals surface area contributed by atoms with Gasteiger partial charge < -0.3 is 14.7 Å². The summed E-state index contributed by atoms with van der Waals surface area (Å²) in [5.74, 6) is 3.71. The number of piperidine rings is 1. The van der Waals surface area contributed by atoms with E-state index < -0.39 is 53.2 Å². The van der Waals surface area contributed by atoms with Crippen LogP contribution in [-0.4, -0.2) is 70.6 Å². The summed E-state index contributed by atoms with van der Waals surface area (Å²) in [6.07, 6.45) is -20.9. The number of carbonyl (C=O) groups excluding carboxylic acids is 1. The van der Waals surface area contributed by atoms with E-state index in [1.54, 1.807) is 0 Å². The first-order valence-electron chi connectivity index (χ1n) is 12.5. The molecule has 1 amide bonds. The lowest BCUT2D eigenvalue weighted by Gasteiger charge is -2.45. The molecule has 2 heterocycles. The third-order valence-corrected chi connectivity index (χ3v) is 7.25. The fourth-order valence-electron chi connectivity index (χ4n) is 4.93. The minimum absolute atomic E-state index is 0.0234. The van der Waals surface area contributed by atoms with Gasteiger partial charge in [0, 0.05) is 30.7 Å². The van der Waals surface area contributed by atoms with Gasteiger partial charge in [-0.1, -0.05) is 11.8 Å². The van der Waals surface area contributed by atoms with Crippen LogP contribution in [0.4, 0.5) is 44.3 Å². The summed E-state index contributed by atoms with van der Waals surface area (Å²) in [7, 11) is 0. The molecule has 0 atom stereocenters. The van der Waals surface area contributed by atoms with Crippen LogP contribution >= 0.6 is 0 Å². The molecule has 1 spiro atoms. The smallest absolute Gasteiger partial charge is 0.434 e. The number of carboxylic acids is 1. The van der Waals surface area contributed by atoms with Crippen LogP contribution in [0.5, 0.6) is 0 Å². The lowest BCUT2D eigenvalue weighted by molar-refractivity contribution is -0.308. The lowest BCUT2D eigenvalue weighted by atomic mass is 9.84. The number of likely N-dealkylation sites (tertiary alicyclic amines) is 2. The Bertz CT molecular complexity index is 1190. The maximum atomic E-state index is 13.6. The molecule has 0 aliphatic carbocycles. The Kier molecular flexibility index (Phi) is 8.89. The van der Waals surface area contributed by atoms with E-state index in [-0.39, 0.29) is 43.6 Å².